The summed E-state index contributed by atoms with van der Waals surface area (Å²) < 4.78 is 28.9. The Morgan fingerprint density at radius 3 is 2.70 bits per heavy atom. The van der Waals surface area contributed by atoms with Gasteiger partial charge in [-0.3, -0.25) is 9.52 Å². The highest BCUT2D eigenvalue weighted by Gasteiger charge is 2.25. The zero-order valence-corrected chi connectivity index (χ0v) is 17.8. The van der Waals surface area contributed by atoms with Gasteiger partial charge < -0.3 is 4.90 Å². The Bertz CT molecular complexity index is 959. The van der Waals surface area contributed by atoms with E-state index in [-0.39, 0.29) is 16.8 Å². The van der Waals surface area contributed by atoms with Gasteiger partial charge in [-0.1, -0.05) is 12.1 Å². The molecule has 0 aromatic heterocycles. The maximum absolute atomic E-state index is 12.8. The fourth-order valence-corrected chi connectivity index (χ4v) is 4.88. The number of carbonyl (C=O) groups is 1. The number of benzene rings is 2. The summed E-state index contributed by atoms with van der Waals surface area (Å²) in [5.41, 5.74) is 1.81. The molecule has 2 aromatic carbocycles. The Morgan fingerprint density at radius 2 is 1.96 bits per heavy atom. The molecule has 1 fully saturated rings. The molecule has 0 spiro atoms. The third-order valence-electron chi connectivity index (χ3n) is 4.82. The molecule has 1 aliphatic rings. The Hall–Kier alpha value is -1.86. The van der Waals surface area contributed by atoms with Crippen LogP contribution in [0.25, 0.3) is 0 Å². The van der Waals surface area contributed by atoms with E-state index in [1.165, 1.54) is 12.1 Å². The van der Waals surface area contributed by atoms with Crippen molar-refractivity contribution in [1.29, 1.82) is 0 Å². The van der Waals surface area contributed by atoms with E-state index in [4.69, 9.17) is 0 Å². The number of hydrogen-bond acceptors (Lipinski definition) is 3. The molecule has 0 aliphatic carbocycles. The van der Waals surface area contributed by atoms with Crippen molar-refractivity contribution in [1.82, 2.24) is 4.90 Å². The minimum Gasteiger partial charge on any atom is -0.336 e. The van der Waals surface area contributed by atoms with Crippen molar-refractivity contribution in [3.8, 4) is 0 Å². The number of amides is 1. The normalized spacial score (nSPS) is 17.6. The molecule has 1 N–H and O–H groups in total. The van der Waals surface area contributed by atoms with E-state index in [1.807, 2.05) is 24.8 Å². The number of piperidine rings is 1. The van der Waals surface area contributed by atoms with Crippen molar-refractivity contribution in [2.45, 2.75) is 44.0 Å². The molecule has 1 saturated heterocycles. The largest absolute Gasteiger partial charge is 0.336 e. The first kappa shape index (κ1) is 19.9. The quantitative estimate of drug-likeness (QED) is 0.741. The summed E-state index contributed by atoms with van der Waals surface area (Å²) in [6.07, 6.45) is 3.08. The van der Waals surface area contributed by atoms with Gasteiger partial charge in [0.2, 0.25) is 0 Å². The average Bonchev–Trinajstić information content (AvgIpc) is 2.64. The van der Waals surface area contributed by atoms with Crippen LogP contribution in [0.1, 0.15) is 42.1 Å². The van der Waals surface area contributed by atoms with Gasteiger partial charge in [0.15, 0.2) is 0 Å². The van der Waals surface area contributed by atoms with Gasteiger partial charge in [-0.25, -0.2) is 8.42 Å². The summed E-state index contributed by atoms with van der Waals surface area (Å²) in [6.45, 7) is 4.64. The second-order valence-corrected chi connectivity index (χ2v) is 9.50. The van der Waals surface area contributed by atoms with E-state index in [9.17, 15) is 13.2 Å². The highest BCUT2D eigenvalue weighted by molar-refractivity contribution is 9.10. The third kappa shape index (κ3) is 4.52. The fourth-order valence-electron chi connectivity index (χ4n) is 3.28. The maximum Gasteiger partial charge on any atom is 0.261 e. The number of nitrogens with zero attached hydrogens (tertiary/aromatic N) is 1. The van der Waals surface area contributed by atoms with Crippen molar-refractivity contribution in [3.05, 3.63) is 58.1 Å². The average molecular weight is 451 g/mol. The number of nitrogens with one attached hydrogen (secondary N) is 1. The summed E-state index contributed by atoms with van der Waals surface area (Å²) in [7, 11) is -3.80. The van der Waals surface area contributed by atoms with Crippen molar-refractivity contribution in [3.63, 3.8) is 0 Å². The van der Waals surface area contributed by atoms with Gasteiger partial charge in [0.25, 0.3) is 15.9 Å². The molecule has 0 bridgehead atoms. The highest BCUT2D eigenvalue weighted by Crippen LogP contribution is 2.27. The second kappa shape index (κ2) is 8.02. The number of sulfonamides is 1. The smallest absolute Gasteiger partial charge is 0.261 e. The molecule has 1 atom stereocenters. The topological polar surface area (TPSA) is 66.5 Å². The number of carbonyl (C=O) groups excluding carboxylic acids is 1. The van der Waals surface area contributed by atoms with Crippen LogP contribution in [0.5, 0.6) is 0 Å². The van der Waals surface area contributed by atoms with Crippen molar-refractivity contribution < 1.29 is 13.2 Å². The number of anilines is 1. The molecule has 2 aromatic rings. The molecule has 1 aliphatic heterocycles. The number of likely N-dealkylation sites (tertiary alicyclic amines) is 1. The zero-order chi connectivity index (χ0) is 19.6. The molecule has 5 nitrogen and oxygen atoms in total. The molecule has 0 saturated carbocycles. The van der Waals surface area contributed by atoms with Gasteiger partial charge in [0, 0.05) is 22.6 Å². The number of rotatable bonds is 4. The Morgan fingerprint density at radius 1 is 1.19 bits per heavy atom. The summed E-state index contributed by atoms with van der Waals surface area (Å²) in [5, 5.41) is 0. The maximum atomic E-state index is 12.8. The van der Waals surface area contributed by atoms with Gasteiger partial charge >= 0.3 is 0 Å². The van der Waals surface area contributed by atoms with Gasteiger partial charge in [0.05, 0.1) is 10.6 Å². The van der Waals surface area contributed by atoms with E-state index in [0.29, 0.717) is 22.3 Å². The standard InChI is InChI=1S/C20H23BrN2O3S/c1-14-9-10-18(21)19(12-14)22-27(25,26)17-8-5-7-16(13-17)20(24)23-11-4-3-6-15(23)2/h5,7-10,12-13,15,22H,3-4,6,11H2,1-2H3/t15-/m1/s1. The van der Waals surface area contributed by atoms with Gasteiger partial charge in [0.1, 0.15) is 0 Å². The van der Waals surface area contributed by atoms with E-state index >= 15 is 0 Å². The molecule has 27 heavy (non-hydrogen) atoms. The van der Waals surface area contributed by atoms with Crippen LogP contribution in [0.2, 0.25) is 0 Å². The van der Waals surface area contributed by atoms with Crippen LogP contribution in [0.3, 0.4) is 0 Å². The number of halogens is 1. The molecule has 0 radical (unpaired) electrons. The molecule has 0 unspecified atom stereocenters. The van der Waals surface area contributed by atoms with Gasteiger partial charge in [-0.15, -0.1) is 0 Å². The van der Waals surface area contributed by atoms with Crippen molar-refractivity contribution in [2.75, 3.05) is 11.3 Å². The molecular formula is C20H23BrN2O3S. The van der Waals surface area contributed by atoms with Gasteiger partial charge in [-0.05, 0) is 84.9 Å². The lowest BCUT2D eigenvalue weighted by Gasteiger charge is -2.33. The molecule has 144 valence electrons. The number of hydrogen-bond donors (Lipinski definition) is 1. The Balaban J connectivity index is 1.87. The molecule has 3 rings (SSSR count). The number of aryl methyl sites for hydroxylation is 1. The van der Waals surface area contributed by atoms with Crippen LogP contribution in [-0.4, -0.2) is 31.8 Å². The van der Waals surface area contributed by atoms with Crippen LogP contribution in [0.15, 0.2) is 51.8 Å². The first-order chi connectivity index (χ1) is 12.8. The first-order valence-corrected chi connectivity index (χ1v) is 11.3. The highest BCUT2D eigenvalue weighted by atomic mass is 79.9. The van der Waals surface area contributed by atoms with Crippen molar-refractivity contribution >= 4 is 37.5 Å². The van der Waals surface area contributed by atoms with E-state index in [2.05, 4.69) is 20.7 Å². The first-order valence-electron chi connectivity index (χ1n) is 8.98. The fraction of sp³-hybridized carbons (Fsp3) is 0.350. The SMILES string of the molecule is Cc1ccc(Br)c(NS(=O)(=O)c2cccc(C(=O)N3CCCC[C@H]3C)c2)c1. The molecular weight excluding hydrogens is 428 g/mol. The lowest BCUT2D eigenvalue weighted by atomic mass is 10.0. The lowest BCUT2D eigenvalue weighted by molar-refractivity contribution is 0.0635. The molecule has 1 heterocycles. The summed E-state index contributed by atoms with van der Waals surface area (Å²) >= 11 is 3.36. The second-order valence-electron chi connectivity index (χ2n) is 6.96. The molecule has 1 amide bonds. The van der Waals surface area contributed by atoms with Crippen LogP contribution >= 0.6 is 15.9 Å². The molecule has 7 heteroatoms. The Labute approximate surface area is 169 Å². The predicted octanol–water partition coefficient (Wildman–Crippen LogP) is 4.57. The van der Waals surface area contributed by atoms with Crippen LogP contribution < -0.4 is 4.72 Å². The minimum atomic E-state index is -3.80. The summed E-state index contributed by atoms with van der Waals surface area (Å²) in [4.78, 5) is 14.8. The summed E-state index contributed by atoms with van der Waals surface area (Å²) in [6, 6.07) is 11.9. The predicted molar refractivity (Wildman–Crippen MR) is 110 cm³/mol. The van der Waals surface area contributed by atoms with Gasteiger partial charge in [-0.2, -0.15) is 0 Å². The summed E-state index contributed by atoms with van der Waals surface area (Å²) in [5.74, 6) is -0.115. The van der Waals surface area contributed by atoms with E-state index < -0.39 is 10.0 Å². The minimum absolute atomic E-state index is 0.0754. The third-order valence-corrected chi connectivity index (χ3v) is 6.88. The zero-order valence-electron chi connectivity index (χ0n) is 15.4. The van der Waals surface area contributed by atoms with Crippen LogP contribution in [-0.2, 0) is 10.0 Å². The van der Waals surface area contributed by atoms with Crippen LogP contribution in [0, 0.1) is 6.92 Å². The van der Waals surface area contributed by atoms with E-state index in [1.54, 1.807) is 24.3 Å². The van der Waals surface area contributed by atoms with Crippen molar-refractivity contribution in [2.24, 2.45) is 0 Å². The lowest BCUT2D eigenvalue weighted by Crippen LogP contribution is -2.42. The monoisotopic (exact) mass is 450 g/mol. The van der Waals surface area contributed by atoms with E-state index in [0.717, 1.165) is 24.8 Å². The van der Waals surface area contributed by atoms with Crippen LogP contribution in [0.4, 0.5) is 5.69 Å². The Kier molecular flexibility index (Phi) is 5.91.